The molecule has 0 radical (unpaired) electrons. The monoisotopic (exact) mass is 452 g/mol. The van der Waals surface area contributed by atoms with Crippen LogP contribution >= 0.6 is 22.9 Å². The number of fused-ring (bicyclic) bond motifs is 3. The number of hydrogen-bond acceptors (Lipinski definition) is 1. The molecule has 4 aromatic carbocycles. The van der Waals surface area contributed by atoms with Gasteiger partial charge in [0.25, 0.3) is 0 Å². The highest BCUT2D eigenvalue weighted by atomic mass is 35.5. The number of halogens is 1. The van der Waals surface area contributed by atoms with Crippen molar-refractivity contribution >= 4 is 43.1 Å². The molecular formula is C30H25ClS. The first-order valence-corrected chi connectivity index (χ1v) is 12.8. The lowest BCUT2D eigenvalue weighted by atomic mass is 9.80. The minimum absolute atomic E-state index is 0.678. The molecule has 158 valence electrons. The van der Waals surface area contributed by atoms with Crippen LogP contribution in [0.3, 0.4) is 0 Å². The molecule has 0 N–H and O–H groups in total. The van der Waals surface area contributed by atoms with E-state index in [4.69, 9.17) is 11.6 Å². The van der Waals surface area contributed by atoms with E-state index in [1.165, 1.54) is 80.1 Å². The molecule has 0 atom stereocenters. The minimum atomic E-state index is 0.678. The summed E-state index contributed by atoms with van der Waals surface area (Å²) in [6.07, 6.45) is 6.71. The zero-order valence-electron chi connectivity index (χ0n) is 18.0. The highest BCUT2D eigenvalue weighted by Gasteiger charge is 2.20. The second kappa shape index (κ2) is 8.39. The lowest BCUT2D eigenvalue weighted by molar-refractivity contribution is 0.444. The number of thiophene rings is 1. The summed E-state index contributed by atoms with van der Waals surface area (Å²) in [4.78, 5) is 0. The van der Waals surface area contributed by atoms with E-state index in [9.17, 15) is 0 Å². The Balaban J connectivity index is 1.62. The van der Waals surface area contributed by atoms with Crippen LogP contribution in [0.1, 0.15) is 43.6 Å². The van der Waals surface area contributed by atoms with Gasteiger partial charge in [0, 0.05) is 25.2 Å². The largest absolute Gasteiger partial charge is 0.135 e. The van der Waals surface area contributed by atoms with Crippen molar-refractivity contribution in [1.82, 2.24) is 0 Å². The molecule has 0 aliphatic heterocycles. The van der Waals surface area contributed by atoms with E-state index in [1.54, 1.807) is 0 Å². The molecule has 32 heavy (non-hydrogen) atoms. The van der Waals surface area contributed by atoms with E-state index >= 15 is 0 Å². The summed E-state index contributed by atoms with van der Waals surface area (Å²) < 4.78 is 2.58. The molecule has 0 nitrogen and oxygen atoms in total. The van der Waals surface area contributed by atoms with Gasteiger partial charge in [0.15, 0.2) is 0 Å². The average molecular weight is 453 g/mol. The normalized spacial score (nSPS) is 14.9. The van der Waals surface area contributed by atoms with Crippen LogP contribution in [0.5, 0.6) is 0 Å². The lowest BCUT2D eigenvalue weighted by Crippen LogP contribution is -2.05. The second-order valence-corrected chi connectivity index (χ2v) is 10.4. The molecule has 0 unspecified atom stereocenters. The summed E-state index contributed by atoms with van der Waals surface area (Å²) in [5, 5.41) is 3.43. The Kier molecular flexibility index (Phi) is 5.25. The zero-order chi connectivity index (χ0) is 21.5. The third kappa shape index (κ3) is 3.54. The van der Waals surface area contributed by atoms with E-state index < -0.39 is 0 Å². The summed E-state index contributed by atoms with van der Waals surface area (Å²) in [6, 6.07) is 31.0. The SMILES string of the molecule is Clc1ccc2c(c1)sc1cc(-c3ccccc3C3CCCCC3)cc(-c3ccccc3)c12. The number of benzene rings is 4. The van der Waals surface area contributed by atoms with Gasteiger partial charge >= 0.3 is 0 Å². The van der Waals surface area contributed by atoms with Gasteiger partial charge in [-0.25, -0.2) is 0 Å². The standard InChI is InChI=1S/C30H25ClS/c31-23-15-16-26-28(19-23)32-29-18-22(17-27(30(26)29)21-11-5-2-6-12-21)25-14-8-7-13-24(25)20-9-3-1-4-10-20/h2,5-8,11-20H,1,3-4,9-10H2. The summed E-state index contributed by atoms with van der Waals surface area (Å²) in [6.45, 7) is 0. The molecule has 1 heterocycles. The van der Waals surface area contributed by atoms with Crippen LogP contribution in [0.2, 0.25) is 5.02 Å². The van der Waals surface area contributed by atoms with E-state index in [2.05, 4.69) is 78.9 Å². The maximum absolute atomic E-state index is 6.34. The Morgan fingerprint density at radius 2 is 1.44 bits per heavy atom. The first-order valence-electron chi connectivity index (χ1n) is 11.6. The number of hydrogen-bond donors (Lipinski definition) is 0. The van der Waals surface area contributed by atoms with Crippen molar-refractivity contribution in [3.8, 4) is 22.3 Å². The Bertz CT molecular complexity index is 1410. The van der Waals surface area contributed by atoms with Crippen LogP contribution in [-0.4, -0.2) is 0 Å². The Labute approximate surface area is 198 Å². The van der Waals surface area contributed by atoms with Gasteiger partial charge < -0.3 is 0 Å². The van der Waals surface area contributed by atoms with Gasteiger partial charge in [0.1, 0.15) is 0 Å². The first kappa shape index (κ1) is 20.0. The molecule has 5 aromatic rings. The van der Waals surface area contributed by atoms with Crippen molar-refractivity contribution in [3.63, 3.8) is 0 Å². The van der Waals surface area contributed by atoms with E-state index in [0.29, 0.717) is 5.92 Å². The van der Waals surface area contributed by atoms with Gasteiger partial charge in [-0.2, -0.15) is 0 Å². The number of rotatable bonds is 3. The van der Waals surface area contributed by atoms with Crippen molar-refractivity contribution in [2.75, 3.05) is 0 Å². The lowest BCUT2D eigenvalue weighted by Gasteiger charge is -2.24. The van der Waals surface area contributed by atoms with E-state index in [1.807, 2.05) is 17.4 Å². The van der Waals surface area contributed by atoms with Crippen molar-refractivity contribution in [2.45, 2.75) is 38.0 Å². The highest BCUT2D eigenvalue weighted by molar-refractivity contribution is 7.26. The molecule has 0 bridgehead atoms. The molecule has 2 heteroatoms. The van der Waals surface area contributed by atoms with Gasteiger partial charge in [-0.05, 0) is 70.8 Å². The Morgan fingerprint density at radius 3 is 2.28 bits per heavy atom. The van der Waals surface area contributed by atoms with Crippen LogP contribution in [-0.2, 0) is 0 Å². The van der Waals surface area contributed by atoms with Gasteiger partial charge in [0.05, 0.1) is 0 Å². The molecule has 0 amide bonds. The van der Waals surface area contributed by atoms with Crippen LogP contribution in [0, 0.1) is 0 Å². The third-order valence-corrected chi connectivity index (χ3v) is 8.27. The maximum Gasteiger partial charge on any atom is 0.0420 e. The fourth-order valence-electron chi connectivity index (χ4n) is 5.41. The fraction of sp³-hybridized carbons (Fsp3) is 0.200. The second-order valence-electron chi connectivity index (χ2n) is 8.93. The van der Waals surface area contributed by atoms with Crippen LogP contribution in [0.4, 0.5) is 0 Å². The topological polar surface area (TPSA) is 0 Å². The smallest absolute Gasteiger partial charge is 0.0420 e. The molecule has 0 saturated heterocycles. The predicted octanol–water partition coefficient (Wildman–Crippen LogP) is 10.1. The van der Waals surface area contributed by atoms with Crippen molar-refractivity contribution in [3.05, 3.63) is 95.5 Å². The summed E-state index contributed by atoms with van der Waals surface area (Å²) in [7, 11) is 0. The van der Waals surface area contributed by atoms with Gasteiger partial charge in [-0.1, -0.05) is 91.5 Å². The predicted molar refractivity (Wildman–Crippen MR) is 141 cm³/mol. The minimum Gasteiger partial charge on any atom is -0.135 e. The van der Waals surface area contributed by atoms with Crippen LogP contribution in [0.15, 0.2) is 84.9 Å². The summed E-state index contributed by atoms with van der Waals surface area (Å²) >= 11 is 8.19. The zero-order valence-corrected chi connectivity index (χ0v) is 19.6. The molecule has 1 fully saturated rings. The quantitative estimate of drug-likeness (QED) is 0.255. The van der Waals surface area contributed by atoms with Crippen molar-refractivity contribution < 1.29 is 0 Å². The van der Waals surface area contributed by atoms with Crippen LogP contribution < -0.4 is 0 Å². The van der Waals surface area contributed by atoms with Gasteiger partial charge in [-0.15, -0.1) is 11.3 Å². The molecule has 1 aliphatic rings. The molecule has 6 rings (SSSR count). The Morgan fingerprint density at radius 1 is 0.656 bits per heavy atom. The summed E-state index contributed by atoms with van der Waals surface area (Å²) in [5.41, 5.74) is 6.83. The van der Waals surface area contributed by atoms with Crippen LogP contribution in [0.25, 0.3) is 42.4 Å². The third-order valence-electron chi connectivity index (χ3n) is 6.94. The molecular weight excluding hydrogens is 428 g/mol. The van der Waals surface area contributed by atoms with Crippen molar-refractivity contribution in [1.29, 1.82) is 0 Å². The highest BCUT2D eigenvalue weighted by Crippen LogP contribution is 2.45. The first-order chi connectivity index (χ1) is 15.8. The van der Waals surface area contributed by atoms with Gasteiger partial charge in [0.2, 0.25) is 0 Å². The molecule has 1 saturated carbocycles. The van der Waals surface area contributed by atoms with Gasteiger partial charge in [-0.3, -0.25) is 0 Å². The maximum atomic E-state index is 6.34. The Hall–Kier alpha value is -2.61. The summed E-state index contributed by atoms with van der Waals surface area (Å²) in [5.74, 6) is 0.678. The van der Waals surface area contributed by atoms with Crippen molar-refractivity contribution in [2.24, 2.45) is 0 Å². The molecule has 1 aliphatic carbocycles. The fourth-order valence-corrected chi connectivity index (χ4v) is 6.86. The molecule has 1 aromatic heterocycles. The average Bonchev–Trinajstić information content (AvgIpc) is 3.22. The molecule has 0 spiro atoms. The van der Waals surface area contributed by atoms with E-state index in [0.717, 1.165) is 5.02 Å². The van der Waals surface area contributed by atoms with E-state index in [-0.39, 0.29) is 0 Å².